The topological polar surface area (TPSA) is 104 Å². The van der Waals surface area contributed by atoms with Crippen molar-refractivity contribution in [1.29, 1.82) is 0 Å². The zero-order chi connectivity index (χ0) is 24.1. The zero-order valence-corrected chi connectivity index (χ0v) is 20.6. The molecule has 3 aliphatic heterocycles. The Kier molecular flexibility index (Phi) is 5.70. The third-order valence-electron chi connectivity index (χ3n) is 7.00. The van der Waals surface area contributed by atoms with Crippen LogP contribution in [0.25, 0.3) is 17.1 Å². The van der Waals surface area contributed by atoms with Crippen molar-refractivity contribution in [3.05, 3.63) is 59.5 Å². The van der Waals surface area contributed by atoms with Crippen LogP contribution in [0.15, 0.2) is 53.6 Å². The highest BCUT2D eigenvalue weighted by Crippen LogP contribution is 2.38. The molecule has 3 atom stereocenters. The minimum Gasteiger partial charge on any atom is -0.769 e. The zero-order valence-electron chi connectivity index (χ0n) is 19.8. The standard InChI is InChI=1S/C24H29N7O3S/c1-16(2)31-24(25-15-26-31)19-14-30-9-10-34-21-12-22(35(32)33)20(11-18(21)23(30)27-19)29-8-7-28-6-4-3-5-17(28)13-29/h3-6,11,14-17,21H,7-10,12-13H2,1-2H3,(H,32,33)/p-1. The van der Waals surface area contributed by atoms with Crippen molar-refractivity contribution in [3.63, 3.8) is 0 Å². The molecule has 0 amide bonds. The van der Waals surface area contributed by atoms with Gasteiger partial charge in [0.1, 0.15) is 17.8 Å². The minimum absolute atomic E-state index is 0.158. The van der Waals surface area contributed by atoms with E-state index in [4.69, 9.17) is 9.72 Å². The first kappa shape index (κ1) is 22.4. The molecule has 1 saturated heterocycles. The van der Waals surface area contributed by atoms with Crippen LogP contribution in [0, 0.1) is 0 Å². The molecule has 4 aliphatic rings. The highest BCUT2D eigenvalue weighted by Gasteiger charge is 2.34. The van der Waals surface area contributed by atoms with Gasteiger partial charge in [0, 0.05) is 61.0 Å². The van der Waals surface area contributed by atoms with Gasteiger partial charge in [-0.25, -0.2) is 14.6 Å². The second-order valence-electron chi connectivity index (χ2n) is 9.45. The molecule has 10 nitrogen and oxygen atoms in total. The summed E-state index contributed by atoms with van der Waals surface area (Å²) in [6.07, 6.45) is 13.8. The smallest absolute Gasteiger partial charge is 0.178 e. The maximum atomic E-state index is 12.3. The minimum atomic E-state index is -2.33. The molecule has 0 saturated carbocycles. The van der Waals surface area contributed by atoms with Crippen LogP contribution in [-0.2, 0) is 22.4 Å². The molecule has 0 bridgehead atoms. The van der Waals surface area contributed by atoms with E-state index in [0.29, 0.717) is 24.5 Å². The first-order valence-electron chi connectivity index (χ1n) is 12.0. The lowest BCUT2D eigenvalue weighted by atomic mass is 9.97. The number of fused-ring (bicyclic) bond motifs is 4. The van der Waals surface area contributed by atoms with E-state index >= 15 is 0 Å². The highest BCUT2D eigenvalue weighted by atomic mass is 32.2. The Morgan fingerprint density at radius 3 is 2.91 bits per heavy atom. The fourth-order valence-electron chi connectivity index (χ4n) is 5.26. The lowest BCUT2D eigenvalue weighted by Gasteiger charge is -2.44. The fourth-order valence-corrected chi connectivity index (χ4v) is 5.91. The van der Waals surface area contributed by atoms with Crippen LogP contribution in [0.5, 0.6) is 0 Å². The van der Waals surface area contributed by atoms with Crippen molar-refractivity contribution in [3.8, 4) is 11.5 Å². The third kappa shape index (κ3) is 3.97. The van der Waals surface area contributed by atoms with Crippen molar-refractivity contribution >= 4 is 16.7 Å². The molecule has 11 heteroatoms. The third-order valence-corrected chi connectivity index (χ3v) is 7.78. The molecular weight excluding hydrogens is 466 g/mol. The Hall–Kier alpha value is -3.02. The number of rotatable bonds is 4. The van der Waals surface area contributed by atoms with E-state index < -0.39 is 11.1 Å². The van der Waals surface area contributed by atoms with Crippen LogP contribution < -0.4 is 0 Å². The monoisotopic (exact) mass is 494 g/mol. The first-order valence-corrected chi connectivity index (χ1v) is 13.1. The molecule has 0 radical (unpaired) electrons. The molecule has 5 heterocycles. The Labute approximate surface area is 206 Å². The number of hydrogen-bond acceptors (Lipinski definition) is 8. The summed E-state index contributed by atoms with van der Waals surface area (Å²) in [7, 11) is 0. The van der Waals surface area contributed by atoms with Crippen LogP contribution in [0.1, 0.15) is 32.1 Å². The average molecular weight is 495 g/mol. The molecule has 1 aliphatic carbocycles. The SMILES string of the molecule is CC(C)n1ncnc1-c1cn2c(n1)C1=CC(N3CCN4C=CC=CC4C3)=C(S(=O)[O-])CC1OCC2. The highest BCUT2D eigenvalue weighted by molar-refractivity contribution is 7.83. The molecular formula is C24H28N7O3S-. The average Bonchev–Trinajstić information content (AvgIpc) is 3.48. The van der Waals surface area contributed by atoms with Crippen LogP contribution in [0.3, 0.4) is 0 Å². The van der Waals surface area contributed by atoms with Gasteiger partial charge in [-0.15, -0.1) is 0 Å². The number of imidazole rings is 1. The van der Waals surface area contributed by atoms with Gasteiger partial charge in [0.25, 0.3) is 0 Å². The van der Waals surface area contributed by atoms with Crippen molar-refractivity contribution in [2.45, 2.75) is 45.0 Å². The molecule has 6 rings (SSSR count). The molecule has 184 valence electrons. The number of ether oxygens (including phenoxy) is 1. The van der Waals surface area contributed by atoms with Gasteiger partial charge in [0.15, 0.2) is 5.82 Å². The van der Waals surface area contributed by atoms with Crippen LogP contribution in [-0.4, -0.2) is 81.3 Å². The van der Waals surface area contributed by atoms with Crippen LogP contribution >= 0.6 is 0 Å². The fraction of sp³-hybridized carbons (Fsp3) is 0.458. The molecule has 0 spiro atoms. The maximum absolute atomic E-state index is 12.3. The lowest BCUT2D eigenvalue weighted by molar-refractivity contribution is 0.0901. The van der Waals surface area contributed by atoms with Gasteiger partial charge < -0.3 is 23.7 Å². The van der Waals surface area contributed by atoms with Crippen molar-refractivity contribution in [2.24, 2.45) is 0 Å². The summed E-state index contributed by atoms with van der Waals surface area (Å²) < 4.78 is 34.7. The van der Waals surface area contributed by atoms with E-state index in [0.717, 1.165) is 48.2 Å². The van der Waals surface area contributed by atoms with Gasteiger partial charge in [0.05, 0.1) is 18.8 Å². The quantitative estimate of drug-likeness (QED) is 0.595. The van der Waals surface area contributed by atoms with E-state index in [9.17, 15) is 8.76 Å². The van der Waals surface area contributed by atoms with E-state index in [1.165, 1.54) is 0 Å². The van der Waals surface area contributed by atoms with E-state index in [-0.39, 0.29) is 18.2 Å². The number of allylic oxidation sites excluding steroid dienone is 3. The number of hydrogen-bond donors (Lipinski definition) is 0. The van der Waals surface area contributed by atoms with Gasteiger partial charge in [-0.05, 0) is 43.3 Å². The van der Waals surface area contributed by atoms with Gasteiger partial charge in [-0.3, -0.25) is 4.21 Å². The van der Waals surface area contributed by atoms with Gasteiger partial charge in [-0.2, -0.15) is 5.10 Å². The largest absolute Gasteiger partial charge is 0.769 e. The summed E-state index contributed by atoms with van der Waals surface area (Å²) >= 11 is -2.33. The Morgan fingerprint density at radius 2 is 2.09 bits per heavy atom. The van der Waals surface area contributed by atoms with Crippen molar-refractivity contribution in [2.75, 3.05) is 26.2 Å². The first-order chi connectivity index (χ1) is 17.0. The summed E-state index contributed by atoms with van der Waals surface area (Å²) in [4.78, 5) is 14.3. The summed E-state index contributed by atoms with van der Waals surface area (Å²) in [5.41, 5.74) is 2.42. The summed E-state index contributed by atoms with van der Waals surface area (Å²) in [5.74, 6) is 1.52. The molecule has 2 aromatic rings. The van der Waals surface area contributed by atoms with E-state index in [2.05, 4.69) is 56.6 Å². The lowest BCUT2D eigenvalue weighted by Crippen LogP contribution is -2.50. The summed E-state index contributed by atoms with van der Waals surface area (Å²) in [5, 5.41) is 4.35. The maximum Gasteiger partial charge on any atom is 0.178 e. The predicted molar refractivity (Wildman–Crippen MR) is 130 cm³/mol. The summed E-state index contributed by atoms with van der Waals surface area (Å²) in [6.45, 7) is 7.54. The molecule has 2 aromatic heterocycles. The normalized spacial score (nSPS) is 24.7. The second-order valence-corrected chi connectivity index (χ2v) is 10.4. The number of piperazine rings is 1. The van der Waals surface area contributed by atoms with Crippen molar-refractivity contribution < 1.29 is 13.5 Å². The molecule has 3 unspecified atom stereocenters. The molecule has 35 heavy (non-hydrogen) atoms. The van der Waals surface area contributed by atoms with Gasteiger partial charge >= 0.3 is 0 Å². The molecule has 0 N–H and O–H groups in total. The van der Waals surface area contributed by atoms with Gasteiger partial charge in [0.2, 0.25) is 0 Å². The van der Waals surface area contributed by atoms with Crippen molar-refractivity contribution in [1.82, 2.24) is 34.1 Å². The Balaban J connectivity index is 1.40. The Morgan fingerprint density at radius 1 is 1.20 bits per heavy atom. The van der Waals surface area contributed by atoms with Crippen LogP contribution in [0.2, 0.25) is 0 Å². The molecule has 1 fully saturated rings. The number of nitrogens with zero attached hydrogens (tertiary/aromatic N) is 7. The van der Waals surface area contributed by atoms with Gasteiger partial charge in [-0.1, -0.05) is 12.2 Å². The van der Waals surface area contributed by atoms with Crippen LogP contribution in [0.4, 0.5) is 0 Å². The summed E-state index contributed by atoms with van der Waals surface area (Å²) in [6, 6.07) is 0.380. The molecule has 0 aromatic carbocycles. The number of aromatic nitrogens is 5. The van der Waals surface area contributed by atoms with E-state index in [1.807, 2.05) is 23.0 Å². The van der Waals surface area contributed by atoms with E-state index in [1.54, 1.807) is 6.33 Å². The second kappa shape index (κ2) is 8.89. The predicted octanol–water partition coefficient (Wildman–Crippen LogP) is 2.07. The Bertz CT molecular complexity index is 1290.